The standard InChI is InChI=1S/C21H36O3S.H2O.O.Ti/c1-4-5-6-7-8-9-10-11-12-13-15-20-19(18(2)3)16-14-17-21(20)25(22,23)24;;;/h14,16-18H,4-13,15H2,1-3H3,(H,22,23,24);1H2;;/q;;;+1/p-1. The van der Waals surface area contributed by atoms with Gasteiger partial charge in [-0.1, -0.05) is 90.7 Å². The van der Waals surface area contributed by atoms with Crippen molar-refractivity contribution in [2.45, 2.75) is 102 Å². The molecular formula is C21H37O5STi. The van der Waals surface area contributed by atoms with Crippen LogP contribution in [0.4, 0.5) is 0 Å². The van der Waals surface area contributed by atoms with Crippen LogP contribution in [0.3, 0.4) is 0 Å². The summed E-state index contributed by atoms with van der Waals surface area (Å²) in [7, 11) is -4.15. The van der Waals surface area contributed by atoms with Crippen LogP contribution in [0.15, 0.2) is 23.1 Å². The third-order valence-corrected chi connectivity index (χ3v) is 5.79. The van der Waals surface area contributed by atoms with Crippen LogP contribution in [0.5, 0.6) is 0 Å². The van der Waals surface area contributed by atoms with E-state index in [1.807, 2.05) is 6.07 Å². The monoisotopic (exact) mass is 449 g/mol. The summed E-state index contributed by atoms with van der Waals surface area (Å²) < 4.78 is 48.6. The Kier molecular flexibility index (Phi) is 16.2. The van der Waals surface area contributed by atoms with E-state index in [9.17, 15) is 13.0 Å². The van der Waals surface area contributed by atoms with Crippen LogP contribution in [0.1, 0.15) is 102 Å². The first-order valence-corrected chi connectivity index (χ1v) is 13.2. The number of hydrogen-bond acceptors (Lipinski definition) is 3. The number of rotatable bonds is 13. The Morgan fingerprint density at radius 2 is 1.39 bits per heavy atom. The predicted molar refractivity (Wildman–Crippen MR) is 109 cm³/mol. The molecule has 0 atom stereocenters. The van der Waals surface area contributed by atoms with E-state index in [0.29, 0.717) is 0 Å². The number of unbranched alkanes of at least 4 members (excludes halogenated alkanes) is 9. The Labute approximate surface area is 180 Å². The van der Waals surface area contributed by atoms with Crippen LogP contribution in [0.2, 0.25) is 0 Å². The molecular weight excluding hydrogens is 412 g/mol. The van der Waals surface area contributed by atoms with Gasteiger partial charge < -0.3 is 0 Å². The number of benzene rings is 1. The second-order valence-electron chi connectivity index (χ2n) is 7.48. The van der Waals surface area contributed by atoms with E-state index in [-0.39, 0.29) is 10.8 Å². The molecule has 0 saturated carbocycles. The average Bonchev–Trinajstić information content (AvgIpc) is 2.63. The van der Waals surface area contributed by atoms with Gasteiger partial charge in [-0.3, -0.25) is 4.55 Å². The molecule has 28 heavy (non-hydrogen) atoms. The van der Waals surface area contributed by atoms with Crippen LogP contribution in [-0.2, 0) is 39.4 Å². The molecule has 0 bridgehead atoms. The molecule has 0 radical (unpaired) electrons. The molecule has 1 aromatic rings. The Hall–Kier alpha value is -0.396. The van der Waals surface area contributed by atoms with Crippen molar-refractivity contribution < 1.29 is 39.5 Å². The van der Waals surface area contributed by atoms with E-state index >= 15 is 0 Å². The first kappa shape index (κ1) is 27.6. The second kappa shape index (κ2) is 16.4. The van der Waals surface area contributed by atoms with E-state index in [2.05, 4.69) is 20.8 Å². The van der Waals surface area contributed by atoms with Crippen molar-refractivity contribution >= 4 is 10.1 Å². The Bertz CT molecular complexity index is 644. The molecule has 2 N–H and O–H groups in total. The molecule has 0 amide bonds. The van der Waals surface area contributed by atoms with Gasteiger partial charge >= 0.3 is 26.5 Å². The van der Waals surface area contributed by atoms with Crippen molar-refractivity contribution in [2.24, 2.45) is 0 Å². The maximum absolute atomic E-state index is 11.7. The predicted octanol–water partition coefficient (Wildman–Crippen LogP) is 5.84. The van der Waals surface area contributed by atoms with Gasteiger partial charge in [-0.2, -0.15) is 8.42 Å². The molecule has 0 aliphatic rings. The van der Waals surface area contributed by atoms with Gasteiger partial charge in [0, 0.05) is 0 Å². The summed E-state index contributed by atoms with van der Waals surface area (Å²) in [6, 6.07) is 5.22. The third kappa shape index (κ3) is 12.2. The molecule has 0 aliphatic carbocycles. The van der Waals surface area contributed by atoms with E-state index in [1.54, 1.807) is 6.07 Å². The van der Waals surface area contributed by atoms with Gasteiger partial charge in [0.25, 0.3) is 10.1 Å². The summed E-state index contributed by atoms with van der Waals surface area (Å²) in [6.45, 7) is 6.36. The molecule has 0 aliphatic heterocycles. The summed E-state index contributed by atoms with van der Waals surface area (Å²) in [4.78, 5) is 0.0922. The minimum absolute atomic E-state index is 0.0922. The van der Waals surface area contributed by atoms with Gasteiger partial charge in [-0.15, -0.1) is 0 Å². The summed E-state index contributed by atoms with van der Waals surface area (Å²) >= 11 is -1.75. The third-order valence-electron chi connectivity index (χ3n) is 4.85. The fourth-order valence-electron chi connectivity index (χ4n) is 3.42. The molecule has 161 valence electrons. The van der Waals surface area contributed by atoms with Gasteiger partial charge in [0.1, 0.15) is 0 Å². The normalized spacial score (nSPS) is 11.1. The van der Waals surface area contributed by atoms with Crippen molar-refractivity contribution in [3.8, 4) is 0 Å². The van der Waals surface area contributed by atoms with Crippen LogP contribution >= 0.6 is 0 Å². The first-order chi connectivity index (χ1) is 13.3. The quantitative estimate of drug-likeness (QED) is 0.224. The van der Waals surface area contributed by atoms with Crippen molar-refractivity contribution in [1.82, 2.24) is 0 Å². The van der Waals surface area contributed by atoms with Crippen LogP contribution in [-0.4, -0.2) is 16.7 Å². The molecule has 1 rings (SSSR count). The summed E-state index contributed by atoms with van der Waals surface area (Å²) in [5.74, 6) is 0.250. The van der Waals surface area contributed by atoms with Crippen LogP contribution in [0.25, 0.3) is 0 Å². The topological polar surface area (TPSA) is 91.7 Å². The zero-order valence-corrected chi connectivity index (χ0v) is 20.0. The summed E-state index contributed by atoms with van der Waals surface area (Å²) in [5, 5.41) is 0. The summed E-state index contributed by atoms with van der Waals surface area (Å²) in [6.07, 6.45) is 13.3. The minimum atomic E-state index is -4.15. The van der Waals surface area contributed by atoms with Crippen LogP contribution < -0.4 is 0 Å². The Morgan fingerprint density at radius 3 is 1.82 bits per heavy atom. The van der Waals surface area contributed by atoms with Crippen molar-refractivity contribution in [3.05, 3.63) is 29.3 Å². The Balaban J connectivity index is 0.00000227. The first-order valence-electron chi connectivity index (χ1n) is 10.4. The molecule has 0 unspecified atom stereocenters. The van der Waals surface area contributed by atoms with Gasteiger partial charge in [0.15, 0.2) is 0 Å². The molecule has 7 heteroatoms. The van der Waals surface area contributed by atoms with Crippen LogP contribution in [0, 0.1) is 0 Å². The molecule has 0 fully saturated rings. The molecule has 0 aromatic heterocycles. The molecule has 5 nitrogen and oxygen atoms in total. The Morgan fingerprint density at radius 1 is 0.929 bits per heavy atom. The van der Waals surface area contributed by atoms with Crippen molar-refractivity contribution in [2.75, 3.05) is 0 Å². The number of hydrogen-bond donors (Lipinski definition) is 2. The van der Waals surface area contributed by atoms with Crippen molar-refractivity contribution in [3.63, 3.8) is 0 Å². The van der Waals surface area contributed by atoms with Crippen molar-refractivity contribution in [1.29, 1.82) is 0 Å². The summed E-state index contributed by atoms with van der Waals surface area (Å²) in [5.41, 5.74) is 1.84. The molecule has 0 heterocycles. The fraction of sp³-hybridized carbons (Fsp3) is 0.714. The van der Waals surface area contributed by atoms with E-state index in [0.717, 1.165) is 30.4 Å². The molecule has 1 aromatic carbocycles. The van der Waals surface area contributed by atoms with E-state index < -0.39 is 29.6 Å². The molecule has 0 saturated heterocycles. The van der Waals surface area contributed by atoms with E-state index in [4.69, 9.17) is 7.01 Å². The van der Waals surface area contributed by atoms with E-state index in [1.165, 1.54) is 57.4 Å². The fourth-order valence-corrected chi connectivity index (χ4v) is 4.20. The SMILES string of the molecule is CCCCCCCCCCCCc1c(C(C)C)cccc1S(=O)(=O)O.[O]=[Ti][OH]. The maximum atomic E-state index is 11.7. The zero-order chi connectivity index (χ0) is 21.4. The second-order valence-corrected chi connectivity index (χ2v) is 9.15. The zero-order valence-electron chi connectivity index (χ0n) is 17.6. The van der Waals surface area contributed by atoms with Gasteiger partial charge in [-0.25, -0.2) is 0 Å². The van der Waals surface area contributed by atoms with Gasteiger partial charge in [0.2, 0.25) is 0 Å². The van der Waals surface area contributed by atoms with Gasteiger partial charge in [0.05, 0.1) is 4.90 Å². The molecule has 0 spiro atoms. The van der Waals surface area contributed by atoms with Gasteiger partial charge in [-0.05, 0) is 36.0 Å². The average molecular weight is 449 g/mol.